The van der Waals surface area contributed by atoms with Crippen LogP contribution in [0.3, 0.4) is 0 Å². The number of ether oxygens (including phenoxy) is 3. The van der Waals surface area contributed by atoms with Crippen LogP contribution < -0.4 is 19.1 Å². The van der Waals surface area contributed by atoms with E-state index in [9.17, 15) is 4.39 Å². The minimum Gasteiger partial charge on any atom is -0.496 e. The number of rotatable bonds is 4. The van der Waals surface area contributed by atoms with Gasteiger partial charge in [0.1, 0.15) is 17.4 Å². The summed E-state index contributed by atoms with van der Waals surface area (Å²) in [5.41, 5.74) is 1.08. The van der Waals surface area contributed by atoms with Crippen molar-refractivity contribution in [2.75, 3.05) is 38.4 Å². The summed E-state index contributed by atoms with van der Waals surface area (Å²) in [5.74, 6) is 2.81. The predicted octanol–water partition coefficient (Wildman–Crippen LogP) is 2.67. The van der Waals surface area contributed by atoms with Gasteiger partial charge in [-0.25, -0.2) is 9.37 Å². The van der Waals surface area contributed by atoms with Gasteiger partial charge in [-0.2, -0.15) is 0 Å². The second-order valence-corrected chi connectivity index (χ2v) is 6.63. The first-order valence-electron chi connectivity index (χ1n) is 8.71. The van der Waals surface area contributed by atoms with Crippen LogP contribution in [0.4, 0.5) is 10.2 Å². The fraction of sp³-hybridized carbons (Fsp3) is 0.421. The van der Waals surface area contributed by atoms with E-state index in [1.807, 2.05) is 12.1 Å². The van der Waals surface area contributed by atoms with Crippen LogP contribution >= 0.6 is 0 Å². The summed E-state index contributed by atoms with van der Waals surface area (Å²) in [7, 11) is 1.67. The van der Waals surface area contributed by atoms with Crippen LogP contribution in [0.1, 0.15) is 12.5 Å². The van der Waals surface area contributed by atoms with Gasteiger partial charge in [-0.1, -0.05) is 0 Å². The van der Waals surface area contributed by atoms with Gasteiger partial charge in [0.2, 0.25) is 6.79 Å². The molecule has 26 heavy (non-hydrogen) atoms. The largest absolute Gasteiger partial charge is 0.496 e. The van der Waals surface area contributed by atoms with E-state index in [1.54, 1.807) is 13.2 Å². The first-order valence-corrected chi connectivity index (χ1v) is 8.71. The maximum atomic E-state index is 13.1. The second kappa shape index (κ2) is 6.99. The predicted molar refractivity (Wildman–Crippen MR) is 95.4 cm³/mol. The van der Waals surface area contributed by atoms with Gasteiger partial charge in [0.05, 0.1) is 13.3 Å². The Hall–Kier alpha value is -2.54. The van der Waals surface area contributed by atoms with E-state index in [2.05, 4.69) is 21.7 Å². The summed E-state index contributed by atoms with van der Waals surface area (Å²) in [5, 5.41) is 0. The van der Waals surface area contributed by atoms with Gasteiger partial charge >= 0.3 is 0 Å². The molecule has 2 aromatic rings. The number of methoxy groups -OCH3 is 1. The Morgan fingerprint density at radius 1 is 1.23 bits per heavy atom. The van der Waals surface area contributed by atoms with Crippen molar-refractivity contribution < 1.29 is 18.6 Å². The molecule has 1 fully saturated rings. The summed E-state index contributed by atoms with van der Waals surface area (Å²) in [6.45, 7) is 5.80. The highest BCUT2D eigenvalue weighted by molar-refractivity contribution is 5.52. The van der Waals surface area contributed by atoms with Crippen molar-refractivity contribution in [3.63, 3.8) is 0 Å². The Morgan fingerprint density at radius 2 is 2.04 bits per heavy atom. The molecule has 1 aromatic carbocycles. The third kappa shape index (κ3) is 3.26. The number of hydrogen-bond acceptors (Lipinski definition) is 6. The maximum absolute atomic E-state index is 13.1. The molecule has 1 saturated heterocycles. The highest BCUT2D eigenvalue weighted by Gasteiger charge is 2.26. The quantitative estimate of drug-likeness (QED) is 0.837. The van der Waals surface area contributed by atoms with Crippen LogP contribution in [0.25, 0.3) is 0 Å². The summed E-state index contributed by atoms with van der Waals surface area (Å²) in [6.07, 6.45) is 1.27. The molecule has 1 unspecified atom stereocenters. The van der Waals surface area contributed by atoms with E-state index in [1.165, 1.54) is 12.3 Å². The fourth-order valence-electron chi connectivity index (χ4n) is 3.57. The standard InChI is InChI=1S/C19H22FN3O3/c1-13-10-22(5-6-23(13)19-4-3-15(20)9-21-19)11-14-7-17-18(26-12-25-17)8-16(14)24-2/h3-4,7-9,13H,5-6,10-12H2,1-2H3. The van der Waals surface area contributed by atoms with Crippen LogP contribution in [0, 0.1) is 5.82 Å². The lowest BCUT2D eigenvalue weighted by Crippen LogP contribution is -2.51. The van der Waals surface area contributed by atoms with E-state index in [0.29, 0.717) is 0 Å². The summed E-state index contributed by atoms with van der Waals surface area (Å²) < 4.78 is 29.5. The van der Waals surface area contributed by atoms with Crippen molar-refractivity contribution in [3.8, 4) is 17.2 Å². The van der Waals surface area contributed by atoms with Gasteiger partial charge < -0.3 is 19.1 Å². The average Bonchev–Trinajstić information content (AvgIpc) is 3.09. The van der Waals surface area contributed by atoms with Crippen molar-refractivity contribution in [1.29, 1.82) is 0 Å². The number of benzene rings is 1. The van der Waals surface area contributed by atoms with Crippen LogP contribution in [0.15, 0.2) is 30.5 Å². The van der Waals surface area contributed by atoms with Gasteiger partial charge in [-0.3, -0.25) is 4.90 Å². The Bertz CT molecular complexity index is 784. The fourth-order valence-corrected chi connectivity index (χ4v) is 3.57. The Labute approximate surface area is 152 Å². The molecule has 2 aliphatic rings. The van der Waals surface area contributed by atoms with Crippen molar-refractivity contribution in [1.82, 2.24) is 9.88 Å². The molecule has 3 heterocycles. The number of fused-ring (bicyclic) bond motifs is 1. The summed E-state index contributed by atoms with van der Waals surface area (Å²) in [6, 6.07) is 7.36. The Kier molecular flexibility index (Phi) is 4.55. The highest BCUT2D eigenvalue weighted by atomic mass is 19.1. The zero-order valence-corrected chi connectivity index (χ0v) is 14.9. The van der Waals surface area contributed by atoms with Crippen LogP contribution in [-0.4, -0.2) is 49.5 Å². The second-order valence-electron chi connectivity index (χ2n) is 6.63. The molecule has 0 amide bonds. The third-order valence-corrected chi connectivity index (χ3v) is 4.89. The molecule has 0 spiro atoms. The Morgan fingerprint density at radius 3 is 2.73 bits per heavy atom. The summed E-state index contributed by atoms with van der Waals surface area (Å²) in [4.78, 5) is 8.80. The van der Waals surface area contributed by atoms with E-state index < -0.39 is 0 Å². The van der Waals surface area contributed by atoms with Crippen molar-refractivity contribution in [3.05, 3.63) is 41.8 Å². The number of aromatic nitrogens is 1. The first-order chi connectivity index (χ1) is 12.6. The van der Waals surface area contributed by atoms with E-state index >= 15 is 0 Å². The van der Waals surface area contributed by atoms with Crippen LogP contribution in [0.5, 0.6) is 17.2 Å². The topological polar surface area (TPSA) is 47.1 Å². The third-order valence-electron chi connectivity index (χ3n) is 4.89. The molecule has 0 aliphatic carbocycles. The lowest BCUT2D eigenvalue weighted by atomic mass is 10.1. The molecule has 0 bridgehead atoms. The molecular formula is C19H22FN3O3. The van der Waals surface area contributed by atoms with Gasteiger partial charge in [-0.15, -0.1) is 0 Å². The molecule has 0 N–H and O–H groups in total. The molecule has 2 aliphatic heterocycles. The molecule has 138 valence electrons. The number of nitrogens with zero attached hydrogens (tertiary/aromatic N) is 3. The van der Waals surface area contributed by atoms with Gasteiger partial charge in [0, 0.05) is 43.9 Å². The Balaban J connectivity index is 1.45. The molecule has 1 aromatic heterocycles. The zero-order chi connectivity index (χ0) is 18.1. The van der Waals surface area contributed by atoms with Crippen molar-refractivity contribution >= 4 is 5.82 Å². The zero-order valence-electron chi connectivity index (χ0n) is 14.9. The molecule has 0 radical (unpaired) electrons. The van der Waals surface area contributed by atoms with Crippen molar-refractivity contribution in [2.24, 2.45) is 0 Å². The molecule has 7 heteroatoms. The minimum atomic E-state index is -0.310. The minimum absolute atomic E-state index is 0.252. The van der Waals surface area contributed by atoms with E-state index in [4.69, 9.17) is 14.2 Å². The number of hydrogen-bond donors (Lipinski definition) is 0. The normalized spacial score (nSPS) is 19.7. The number of halogens is 1. The van der Waals surface area contributed by atoms with Gasteiger partial charge in [0.25, 0.3) is 0 Å². The maximum Gasteiger partial charge on any atom is 0.231 e. The molecular weight excluding hydrogens is 337 g/mol. The van der Waals surface area contributed by atoms with E-state index in [-0.39, 0.29) is 18.7 Å². The number of pyridine rings is 1. The van der Waals surface area contributed by atoms with Crippen molar-refractivity contribution in [2.45, 2.75) is 19.5 Å². The average molecular weight is 359 g/mol. The molecule has 1 atom stereocenters. The van der Waals surface area contributed by atoms with Crippen LogP contribution in [0.2, 0.25) is 0 Å². The van der Waals surface area contributed by atoms with Gasteiger partial charge in [0.15, 0.2) is 11.5 Å². The number of anilines is 1. The van der Waals surface area contributed by atoms with E-state index in [0.717, 1.165) is 54.8 Å². The SMILES string of the molecule is COc1cc2c(cc1CN1CCN(c3ccc(F)cn3)C(C)C1)OCO2. The van der Waals surface area contributed by atoms with Gasteiger partial charge in [-0.05, 0) is 25.1 Å². The first kappa shape index (κ1) is 16.9. The lowest BCUT2D eigenvalue weighted by Gasteiger charge is -2.40. The lowest BCUT2D eigenvalue weighted by molar-refractivity contribution is 0.173. The monoisotopic (exact) mass is 359 g/mol. The smallest absolute Gasteiger partial charge is 0.231 e. The molecule has 4 rings (SSSR count). The highest BCUT2D eigenvalue weighted by Crippen LogP contribution is 2.38. The number of piperazine rings is 1. The summed E-state index contributed by atoms with van der Waals surface area (Å²) >= 11 is 0. The van der Waals surface area contributed by atoms with Crippen LogP contribution in [-0.2, 0) is 6.54 Å². The molecule has 0 saturated carbocycles. The molecule has 6 nitrogen and oxygen atoms in total.